The standard InChI is InChI=1S/C28H18N4O6/c1-36-24-7-4-8-25-21(24)15-26(38-25)27-30-22-6-3-2-5-20(22)28(33)31(27)29-16-19-13-14-23(37-19)17-9-11-18(12-10-17)32(34)35/h2-16H,1H3. The summed E-state index contributed by atoms with van der Waals surface area (Å²) in [4.78, 5) is 28.6. The molecule has 186 valence electrons. The molecule has 3 heterocycles. The highest BCUT2D eigenvalue weighted by atomic mass is 16.6. The number of methoxy groups -OCH3 is 1. The molecule has 0 amide bonds. The number of furan rings is 2. The van der Waals surface area contributed by atoms with Crippen LogP contribution in [0.4, 0.5) is 5.69 Å². The maximum atomic E-state index is 13.5. The van der Waals surface area contributed by atoms with Crippen LogP contribution in [0.2, 0.25) is 0 Å². The third kappa shape index (κ3) is 3.99. The van der Waals surface area contributed by atoms with Gasteiger partial charge in [-0.05, 0) is 54.6 Å². The van der Waals surface area contributed by atoms with E-state index in [-0.39, 0.29) is 17.1 Å². The van der Waals surface area contributed by atoms with Crippen molar-refractivity contribution in [2.75, 3.05) is 7.11 Å². The average molecular weight is 506 g/mol. The average Bonchev–Trinajstić information content (AvgIpc) is 3.60. The van der Waals surface area contributed by atoms with Crippen molar-refractivity contribution in [3.05, 3.63) is 111 Å². The number of nitro groups is 1. The fraction of sp³-hybridized carbons (Fsp3) is 0.0357. The summed E-state index contributed by atoms with van der Waals surface area (Å²) in [6.45, 7) is 0. The molecule has 3 aromatic carbocycles. The highest BCUT2D eigenvalue weighted by Gasteiger charge is 2.18. The van der Waals surface area contributed by atoms with Crippen molar-refractivity contribution in [3.8, 4) is 28.7 Å². The molecule has 0 aliphatic rings. The van der Waals surface area contributed by atoms with E-state index >= 15 is 0 Å². The number of aromatic nitrogens is 2. The minimum atomic E-state index is -0.463. The van der Waals surface area contributed by atoms with Gasteiger partial charge in [-0.1, -0.05) is 18.2 Å². The van der Waals surface area contributed by atoms with Gasteiger partial charge in [-0.3, -0.25) is 14.9 Å². The van der Waals surface area contributed by atoms with E-state index in [1.165, 1.54) is 23.0 Å². The van der Waals surface area contributed by atoms with Crippen LogP contribution in [-0.2, 0) is 0 Å². The molecule has 3 aromatic heterocycles. The highest BCUT2D eigenvalue weighted by molar-refractivity contribution is 5.88. The van der Waals surface area contributed by atoms with Gasteiger partial charge < -0.3 is 13.6 Å². The first-order chi connectivity index (χ1) is 18.5. The molecular formula is C28H18N4O6. The Morgan fingerprint density at radius 3 is 2.55 bits per heavy atom. The summed E-state index contributed by atoms with van der Waals surface area (Å²) in [6.07, 6.45) is 1.40. The third-order valence-corrected chi connectivity index (χ3v) is 6.01. The van der Waals surface area contributed by atoms with E-state index < -0.39 is 4.92 Å². The van der Waals surface area contributed by atoms with Gasteiger partial charge in [0.05, 0.1) is 34.5 Å². The second-order valence-electron chi connectivity index (χ2n) is 8.30. The molecule has 0 aliphatic heterocycles. The van der Waals surface area contributed by atoms with Gasteiger partial charge in [0.25, 0.3) is 11.2 Å². The van der Waals surface area contributed by atoms with Gasteiger partial charge in [0.15, 0.2) is 5.76 Å². The van der Waals surface area contributed by atoms with Crippen LogP contribution in [0.1, 0.15) is 5.76 Å². The van der Waals surface area contributed by atoms with Crippen LogP contribution in [0.25, 0.3) is 44.8 Å². The van der Waals surface area contributed by atoms with Crippen molar-refractivity contribution in [1.29, 1.82) is 0 Å². The predicted molar refractivity (Wildman–Crippen MR) is 142 cm³/mol. The zero-order chi connectivity index (χ0) is 26.2. The third-order valence-electron chi connectivity index (χ3n) is 6.01. The maximum Gasteiger partial charge on any atom is 0.282 e. The normalized spacial score (nSPS) is 11.5. The van der Waals surface area contributed by atoms with Crippen LogP contribution in [0.5, 0.6) is 5.75 Å². The van der Waals surface area contributed by atoms with Crippen LogP contribution in [0.3, 0.4) is 0 Å². The Balaban J connectivity index is 1.43. The summed E-state index contributed by atoms with van der Waals surface area (Å²) >= 11 is 0. The SMILES string of the molecule is COc1cccc2oc(-c3nc4ccccc4c(=O)n3N=Cc3ccc(-c4ccc([N+](=O)[O-])cc4)o3)cc12. The predicted octanol–water partition coefficient (Wildman–Crippen LogP) is 5.87. The molecule has 0 spiro atoms. The van der Waals surface area contributed by atoms with Gasteiger partial charge in [-0.15, -0.1) is 0 Å². The zero-order valence-corrected chi connectivity index (χ0v) is 19.9. The molecule has 0 saturated heterocycles. The van der Waals surface area contributed by atoms with Crippen molar-refractivity contribution in [2.45, 2.75) is 0 Å². The molecule has 0 radical (unpaired) electrons. The second kappa shape index (κ2) is 9.17. The summed E-state index contributed by atoms with van der Waals surface area (Å²) in [5.41, 5.74) is 1.36. The van der Waals surface area contributed by atoms with Gasteiger partial charge in [-0.25, -0.2) is 4.98 Å². The topological polar surface area (TPSA) is 126 Å². The fourth-order valence-electron chi connectivity index (χ4n) is 4.15. The van der Waals surface area contributed by atoms with E-state index in [0.29, 0.717) is 45.1 Å². The molecular weight excluding hydrogens is 488 g/mol. The zero-order valence-electron chi connectivity index (χ0n) is 19.9. The lowest BCUT2D eigenvalue weighted by Crippen LogP contribution is -2.20. The van der Waals surface area contributed by atoms with Crippen molar-refractivity contribution in [2.24, 2.45) is 5.10 Å². The Morgan fingerprint density at radius 1 is 0.947 bits per heavy atom. The molecule has 0 bridgehead atoms. The molecule has 6 rings (SSSR count). The summed E-state index contributed by atoms with van der Waals surface area (Å²) in [5, 5.41) is 16.4. The lowest BCUT2D eigenvalue weighted by Gasteiger charge is -2.06. The van der Waals surface area contributed by atoms with Crippen LogP contribution in [0.15, 0.2) is 104 Å². The monoisotopic (exact) mass is 506 g/mol. The van der Waals surface area contributed by atoms with E-state index in [1.54, 1.807) is 67.8 Å². The minimum absolute atomic E-state index is 0.0130. The van der Waals surface area contributed by atoms with E-state index in [2.05, 4.69) is 10.1 Å². The number of non-ortho nitro benzene ring substituents is 1. The van der Waals surface area contributed by atoms with E-state index in [0.717, 1.165) is 5.39 Å². The van der Waals surface area contributed by atoms with Crippen molar-refractivity contribution < 1.29 is 18.5 Å². The summed E-state index contributed by atoms with van der Waals surface area (Å²) in [5.74, 6) is 2.05. The number of nitro benzene ring substituents is 1. The van der Waals surface area contributed by atoms with Crippen LogP contribution < -0.4 is 10.3 Å². The maximum absolute atomic E-state index is 13.5. The number of fused-ring (bicyclic) bond motifs is 2. The molecule has 6 aromatic rings. The van der Waals surface area contributed by atoms with Crippen molar-refractivity contribution >= 4 is 33.8 Å². The van der Waals surface area contributed by atoms with Crippen molar-refractivity contribution in [3.63, 3.8) is 0 Å². The Morgan fingerprint density at radius 2 is 1.76 bits per heavy atom. The van der Waals surface area contributed by atoms with E-state index in [4.69, 9.17) is 13.6 Å². The molecule has 38 heavy (non-hydrogen) atoms. The molecule has 0 saturated carbocycles. The number of hydrogen-bond donors (Lipinski definition) is 0. The smallest absolute Gasteiger partial charge is 0.282 e. The Hall–Kier alpha value is -5.51. The Kier molecular flexibility index (Phi) is 5.53. The molecule has 10 heteroatoms. The molecule has 10 nitrogen and oxygen atoms in total. The quantitative estimate of drug-likeness (QED) is 0.157. The Bertz CT molecular complexity index is 1910. The van der Waals surface area contributed by atoms with Gasteiger partial charge in [0, 0.05) is 17.7 Å². The first-order valence-corrected chi connectivity index (χ1v) is 11.5. The Labute approximate surface area is 214 Å². The summed E-state index contributed by atoms with van der Waals surface area (Å²) in [6, 6.07) is 23.6. The summed E-state index contributed by atoms with van der Waals surface area (Å²) < 4.78 is 18.5. The van der Waals surface area contributed by atoms with Crippen LogP contribution in [-0.4, -0.2) is 27.9 Å². The fourth-order valence-corrected chi connectivity index (χ4v) is 4.15. The molecule has 0 aliphatic carbocycles. The number of rotatable bonds is 6. The van der Waals surface area contributed by atoms with Crippen LogP contribution >= 0.6 is 0 Å². The first-order valence-electron chi connectivity index (χ1n) is 11.5. The number of para-hydroxylation sites is 1. The van der Waals surface area contributed by atoms with E-state index in [1.807, 2.05) is 12.1 Å². The molecule has 0 N–H and O–H groups in total. The van der Waals surface area contributed by atoms with Gasteiger partial charge >= 0.3 is 0 Å². The van der Waals surface area contributed by atoms with Crippen molar-refractivity contribution in [1.82, 2.24) is 9.66 Å². The number of hydrogen-bond acceptors (Lipinski definition) is 8. The minimum Gasteiger partial charge on any atom is -0.496 e. The van der Waals surface area contributed by atoms with E-state index in [9.17, 15) is 14.9 Å². The number of nitrogens with zero attached hydrogens (tertiary/aromatic N) is 4. The number of ether oxygens (including phenoxy) is 1. The summed E-state index contributed by atoms with van der Waals surface area (Å²) in [7, 11) is 1.57. The van der Waals surface area contributed by atoms with Gasteiger partial charge in [0.1, 0.15) is 22.9 Å². The highest BCUT2D eigenvalue weighted by Crippen LogP contribution is 2.33. The molecule has 0 atom stereocenters. The molecule has 0 fully saturated rings. The number of benzene rings is 3. The second-order valence-corrected chi connectivity index (χ2v) is 8.30. The first kappa shape index (κ1) is 22.9. The van der Waals surface area contributed by atoms with Crippen LogP contribution in [0, 0.1) is 10.1 Å². The lowest BCUT2D eigenvalue weighted by atomic mass is 10.1. The lowest BCUT2D eigenvalue weighted by molar-refractivity contribution is -0.384. The largest absolute Gasteiger partial charge is 0.496 e. The van der Waals surface area contributed by atoms with Gasteiger partial charge in [0.2, 0.25) is 5.82 Å². The van der Waals surface area contributed by atoms with Gasteiger partial charge in [-0.2, -0.15) is 9.78 Å². The molecule has 0 unspecified atom stereocenters.